The predicted molar refractivity (Wildman–Crippen MR) is 76.6 cm³/mol. The van der Waals surface area contributed by atoms with E-state index in [2.05, 4.69) is 4.72 Å². The predicted octanol–water partition coefficient (Wildman–Crippen LogP) is 1.40. The number of aryl methyl sites for hydroxylation is 1. The maximum Gasteiger partial charge on any atom is 0.273 e. The first-order valence-corrected chi connectivity index (χ1v) is 8.10. The Hall–Kier alpha value is -1.51. The summed E-state index contributed by atoms with van der Waals surface area (Å²) in [6, 6.07) is 2.48. The van der Waals surface area contributed by atoms with Gasteiger partial charge in [-0.15, -0.1) is 0 Å². The van der Waals surface area contributed by atoms with Crippen molar-refractivity contribution >= 4 is 15.7 Å². The van der Waals surface area contributed by atoms with Gasteiger partial charge in [0.2, 0.25) is 10.0 Å². The molecule has 0 amide bonds. The van der Waals surface area contributed by atoms with Crippen molar-refractivity contribution in [3.63, 3.8) is 0 Å². The van der Waals surface area contributed by atoms with E-state index in [1.165, 1.54) is 6.07 Å². The molecule has 116 valence electrons. The SMILES string of the molecule is Cc1cc(S(=O)(=O)NC2(CO)CCC2)cc([N+](=O)[O-])c1C. The van der Waals surface area contributed by atoms with Gasteiger partial charge in [0.1, 0.15) is 0 Å². The van der Waals surface area contributed by atoms with Crippen LogP contribution in [0.2, 0.25) is 0 Å². The lowest BCUT2D eigenvalue weighted by molar-refractivity contribution is -0.385. The molecule has 1 aromatic rings. The lowest BCUT2D eigenvalue weighted by atomic mass is 9.78. The first kappa shape index (κ1) is 15.9. The summed E-state index contributed by atoms with van der Waals surface area (Å²) in [6.07, 6.45) is 1.97. The lowest BCUT2D eigenvalue weighted by Gasteiger charge is -2.40. The van der Waals surface area contributed by atoms with Gasteiger partial charge in [0, 0.05) is 11.6 Å². The number of hydrogen-bond donors (Lipinski definition) is 2. The van der Waals surface area contributed by atoms with Crippen molar-refractivity contribution in [2.24, 2.45) is 0 Å². The molecule has 1 aliphatic carbocycles. The summed E-state index contributed by atoms with van der Waals surface area (Å²) in [4.78, 5) is 10.3. The molecule has 2 N–H and O–H groups in total. The Kier molecular flexibility index (Phi) is 4.05. The third-order valence-electron chi connectivity index (χ3n) is 4.08. The molecule has 2 rings (SSSR count). The average Bonchev–Trinajstić information content (AvgIpc) is 2.36. The number of aliphatic hydroxyl groups is 1. The van der Waals surface area contributed by atoms with Crippen LogP contribution in [0.4, 0.5) is 5.69 Å². The van der Waals surface area contributed by atoms with Crippen molar-refractivity contribution in [2.45, 2.75) is 43.5 Å². The molecule has 0 aliphatic heterocycles. The molecule has 0 radical (unpaired) electrons. The van der Waals surface area contributed by atoms with Gasteiger partial charge in [0.15, 0.2) is 0 Å². The molecule has 0 aromatic heterocycles. The molecule has 0 spiro atoms. The van der Waals surface area contributed by atoms with Crippen LogP contribution in [0.5, 0.6) is 0 Å². The van der Waals surface area contributed by atoms with E-state index < -0.39 is 20.5 Å². The number of aliphatic hydroxyl groups excluding tert-OH is 1. The highest BCUT2D eigenvalue weighted by atomic mass is 32.2. The monoisotopic (exact) mass is 314 g/mol. The minimum Gasteiger partial charge on any atom is -0.394 e. The van der Waals surface area contributed by atoms with Crippen LogP contribution >= 0.6 is 0 Å². The summed E-state index contributed by atoms with van der Waals surface area (Å²) in [6.45, 7) is 2.93. The number of benzene rings is 1. The third kappa shape index (κ3) is 2.92. The van der Waals surface area contributed by atoms with Crippen LogP contribution in [0.25, 0.3) is 0 Å². The van der Waals surface area contributed by atoms with E-state index >= 15 is 0 Å². The Morgan fingerprint density at radius 3 is 2.43 bits per heavy atom. The van der Waals surface area contributed by atoms with Crippen LogP contribution < -0.4 is 4.72 Å². The first-order chi connectivity index (χ1) is 9.71. The van der Waals surface area contributed by atoms with Crippen LogP contribution in [0.3, 0.4) is 0 Å². The van der Waals surface area contributed by atoms with Crippen molar-refractivity contribution in [1.29, 1.82) is 0 Å². The summed E-state index contributed by atoms with van der Waals surface area (Å²) in [5.74, 6) is 0. The molecule has 1 saturated carbocycles. The Labute approximate surface area is 123 Å². The van der Waals surface area contributed by atoms with Crippen molar-refractivity contribution < 1.29 is 18.4 Å². The van der Waals surface area contributed by atoms with Crippen molar-refractivity contribution in [3.05, 3.63) is 33.4 Å². The fourth-order valence-corrected chi connectivity index (χ4v) is 3.95. The van der Waals surface area contributed by atoms with E-state index in [1.807, 2.05) is 0 Å². The van der Waals surface area contributed by atoms with Gasteiger partial charge in [0.05, 0.1) is 22.0 Å². The number of nitro groups is 1. The zero-order chi connectivity index (χ0) is 15.8. The van der Waals surface area contributed by atoms with E-state index in [9.17, 15) is 23.6 Å². The van der Waals surface area contributed by atoms with Crippen LogP contribution in [-0.4, -0.2) is 30.6 Å². The second-order valence-corrected chi connectivity index (χ2v) is 7.22. The zero-order valence-corrected chi connectivity index (χ0v) is 12.7. The second-order valence-electron chi connectivity index (χ2n) is 5.54. The van der Waals surface area contributed by atoms with E-state index in [-0.39, 0.29) is 17.2 Å². The van der Waals surface area contributed by atoms with Crippen LogP contribution in [0.15, 0.2) is 17.0 Å². The maximum atomic E-state index is 12.4. The van der Waals surface area contributed by atoms with Crippen molar-refractivity contribution in [2.75, 3.05) is 6.61 Å². The summed E-state index contributed by atoms with van der Waals surface area (Å²) >= 11 is 0. The molecule has 0 bridgehead atoms. The largest absolute Gasteiger partial charge is 0.394 e. The normalized spacial score (nSPS) is 17.3. The number of rotatable bonds is 5. The number of hydrogen-bond acceptors (Lipinski definition) is 5. The molecule has 0 unspecified atom stereocenters. The second kappa shape index (κ2) is 5.36. The minimum absolute atomic E-state index is 0.142. The molecule has 0 saturated heterocycles. The average molecular weight is 314 g/mol. The minimum atomic E-state index is -3.90. The Bertz CT molecular complexity index is 675. The third-order valence-corrected chi connectivity index (χ3v) is 5.64. The Morgan fingerprint density at radius 1 is 1.38 bits per heavy atom. The standard InChI is InChI=1S/C13H18N2O5S/c1-9-6-11(7-12(10(9)2)15(17)18)21(19,20)14-13(8-16)4-3-5-13/h6-7,14,16H,3-5,8H2,1-2H3. The molecular formula is C13H18N2O5S. The molecule has 7 nitrogen and oxygen atoms in total. The lowest BCUT2D eigenvalue weighted by Crippen LogP contribution is -2.55. The van der Waals surface area contributed by atoms with Gasteiger partial charge in [-0.1, -0.05) is 0 Å². The summed E-state index contributed by atoms with van der Waals surface area (Å²) in [5.41, 5.74) is -0.0652. The topological polar surface area (TPSA) is 110 Å². The molecule has 0 atom stereocenters. The molecule has 0 heterocycles. The van der Waals surface area contributed by atoms with E-state index in [0.717, 1.165) is 12.5 Å². The molecule has 1 aliphatic rings. The number of sulfonamides is 1. The molecule has 1 fully saturated rings. The Morgan fingerprint density at radius 2 is 2.00 bits per heavy atom. The highest BCUT2D eigenvalue weighted by Crippen LogP contribution is 2.34. The van der Waals surface area contributed by atoms with Crippen LogP contribution in [-0.2, 0) is 10.0 Å². The smallest absolute Gasteiger partial charge is 0.273 e. The van der Waals surface area contributed by atoms with Gasteiger partial charge < -0.3 is 5.11 Å². The van der Waals surface area contributed by atoms with Gasteiger partial charge in [-0.3, -0.25) is 10.1 Å². The Balaban J connectivity index is 2.43. The molecule has 21 heavy (non-hydrogen) atoms. The summed E-state index contributed by atoms with van der Waals surface area (Å²) < 4.78 is 27.3. The van der Waals surface area contributed by atoms with Crippen LogP contribution in [0.1, 0.15) is 30.4 Å². The van der Waals surface area contributed by atoms with E-state index in [1.54, 1.807) is 13.8 Å². The van der Waals surface area contributed by atoms with Gasteiger partial charge >= 0.3 is 0 Å². The molecule has 1 aromatic carbocycles. The van der Waals surface area contributed by atoms with Gasteiger partial charge in [-0.05, 0) is 44.7 Å². The van der Waals surface area contributed by atoms with Crippen molar-refractivity contribution in [3.8, 4) is 0 Å². The van der Waals surface area contributed by atoms with Gasteiger partial charge in [-0.2, -0.15) is 0 Å². The van der Waals surface area contributed by atoms with Gasteiger partial charge in [0.25, 0.3) is 5.69 Å². The first-order valence-electron chi connectivity index (χ1n) is 6.61. The number of nitrogens with one attached hydrogen (secondary N) is 1. The molecule has 8 heteroatoms. The van der Waals surface area contributed by atoms with Crippen LogP contribution in [0, 0.1) is 24.0 Å². The van der Waals surface area contributed by atoms with Crippen molar-refractivity contribution in [1.82, 2.24) is 4.72 Å². The number of nitro benzene ring substituents is 1. The summed E-state index contributed by atoms with van der Waals surface area (Å²) in [7, 11) is -3.90. The number of nitrogens with zero attached hydrogens (tertiary/aromatic N) is 1. The fourth-order valence-electron chi connectivity index (χ4n) is 2.39. The fraction of sp³-hybridized carbons (Fsp3) is 0.538. The zero-order valence-electron chi connectivity index (χ0n) is 11.9. The van der Waals surface area contributed by atoms with Gasteiger partial charge in [-0.25, -0.2) is 13.1 Å². The molecular weight excluding hydrogens is 296 g/mol. The summed E-state index contributed by atoms with van der Waals surface area (Å²) in [5, 5.41) is 20.4. The highest BCUT2D eigenvalue weighted by Gasteiger charge is 2.40. The maximum absolute atomic E-state index is 12.4. The highest BCUT2D eigenvalue weighted by molar-refractivity contribution is 7.89. The quantitative estimate of drug-likeness (QED) is 0.630. The van der Waals surface area contributed by atoms with E-state index in [0.29, 0.717) is 24.0 Å². The van der Waals surface area contributed by atoms with E-state index in [4.69, 9.17) is 0 Å².